The maximum atomic E-state index is 13.2. The molecule has 7 nitrogen and oxygen atoms in total. The second kappa shape index (κ2) is 12.6. The number of fused-ring (bicyclic) bond motifs is 1. The number of benzene rings is 3. The lowest BCUT2D eigenvalue weighted by atomic mass is 10.1. The van der Waals surface area contributed by atoms with Gasteiger partial charge in [0.05, 0.1) is 22.3 Å². The average Bonchev–Trinajstić information content (AvgIpc) is 2.94. The van der Waals surface area contributed by atoms with Crippen molar-refractivity contribution in [1.82, 2.24) is 14.8 Å². The topological polar surface area (TPSA) is 79.8 Å². The van der Waals surface area contributed by atoms with E-state index in [-0.39, 0.29) is 30.1 Å². The molecule has 1 saturated heterocycles. The van der Waals surface area contributed by atoms with Crippen molar-refractivity contribution in [1.29, 1.82) is 0 Å². The fraction of sp³-hybridized carbons (Fsp3) is 0.312. The third-order valence-corrected chi connectivity index (χ3v) is 8.59. The van der Waals surface area contributed by atoms with Gasteiger partial charge in [0.2, 0.25) is 0 Å². The fourth-order valence-electron chi connectivity index (χ4n) is 4.90. The highest BCUT2D eigenvalue weighted by atomic mass is 32.2. The van der Waals surface area contributed by atoms with Gasteiger partial charge < -0.3 is 9.64 Å². The van der Waals surface area contributed by atoms with Crippen LogP contribution in [0.3, 0.4) is 0 Å². The molecule has 0 unspecified atom stereocenters. The van der Waals surface area contributed by atoms with Gasteiger partial charge in [0.1, 0.15) is 5.75 Å². The van der Waals surface area contributed by atoms with Gasteiger partial charge >= 0.3 is 0 Å². The van der Waals surface area contributed by atoms with Gasteiger partial charge in [-0.25, -0.2) is 8.42 Å². The molecule has 210 valence electrons. The number of ether oxygens (including phenoxy) is 1. The Kier molecular flexibility index (Phi) is 9.22. The number of nitrogens with zero attached hydrogens (tertiary/aromatic N) is 3. The molecule has 1 aliphatic rings. The van der Waals surface area contributed by atoms with Crippen LogP contribution < -0.4 is 4.74 Å². The molecule has 0 saturated carbocycles. The van der Waals surface area contributed by atoms with Crippen molar-refractivity contribution in [2.24, 2.45) is 0 Å². The summed E-state index contributed by atoms with van der Waals surface area (Å²) in [6.45, 7) is 7.64. The zero-order valence-corrected chi connectivity index (χ0v) is 23.1. The molecule has 1 fully saturated rings. The van der Waals surface area contributed by atoms with Crippen LogP contribution in [-0.2, 0) is 22.1 Å². The predicted molar refractivity (Wildman–Crippen MR) is 159 cm³/mol. The van der Waals surface area contributed by atoms with Crippen LogP contribution in [0.4, 0.5) is 0 Å². The van der Waals surface area contributed by atoms with Crippen molar-refractivity contribution in [3.05, 3.63) is 102 Å². The third-order valence-electron chi connectivity index (χ3n) is 6.88. The number of para-hydroxylation sites is 2. The molecule has 0 aliphatic carbocycles. The lowest BCUT2D eigenvalue weighted by Gasteiger charge is -2.35. The van der Waals surface area contributed by atoms with Gasteiger partial charge in [0.25, 0.3) is 5.91 Å². The maximum absolute atomic E-state index is 13.2. The van der Waals surface area contributed by atoms with Crippen LogP contribution in [0.15, 0.2) is 90.0 Å². The molecule has 1 aliphatic heterocycles. The molecular formula is C32H37N3O4S. The molecule has 3 aromatic carbocycles. The highest BCUT2D eigenvalue weighted by Crippen LogP contribution is 2.25. The van der Waals surface area contributed by atoms with E-state index < -0.39 is 9.84 Å². The molecular weight excluding hydrogens is 522 g/mol. The molecule has 0 radical (unpaired) electrons. The van der Waals surface area contributed by atoms with Crippen LogP contribution in [0.1, 0.15) is 42.8 Å². The van der Waals surface area contributed by atoms with E-state index in [0.29, 0.717) is 29.7 Å². The number of hydrogen-bond acceptors (Lipinski definition) is 6. The molecule has 1 aromatic heterocycles. The Labute approximate surface area is 237 Å². The van der Waals surface area contributed by atoms with E-state index in [1.165, 1.54) is 0 Å². The number of piperazine rings is 1. The Morgan fingerprint density at radius 3 is 2.33 bits per heavy atom. The number of amides is 1. The van der Waals surface area contributed by atoms with E-state index in [4.69, 9.17) is 4.74 Å². The first-order valence-electron chi connectivity index (χ1n) is 13.2. The van der Waals surface area contributed by atoms with Gasteiger partial charge in [0, 0.05) is 55.4 Å². The third kappa shape index (κ3) is 6.69. The number of hydrogen-bond donors (Lipinski definition) is 0. The predicted octanol–water partition coefficient (Wildman–Crippen LogP) is 5.59. The quantitative estimate of drug-likeness (QED) is 0.280. The first kappa shape index (κ1) is 29.2. The van der Waals surface area contributed by atoms with E-state index in [0.717, 1.165) is 36.3 Å². The van der Waals surface area contributed by atoms with Crippen molar-refractivity contribution in [2.75, 3.05) is 26.2 Å². The Balaban J connectivity index is 0.00000370. The Hall–Kier alpha value is -3.75. The molecule has 8 heteroatoms. The van der Waals surface area contributed by atoms with Crippen molar-refractivity contribution in [3.8, 4) is 5.75 Å². The summed E-state index contributed by atoms with van der Waals surface area (Å²) in [7, 11) is -3.61. The number of sulfone groups is 1. The summed E-state index contributed by atoms with van der Waals surface area (Å²) in [5.41, 5.74) is 2.82. The highest BCUT2D eigenvalue weighted by Gasteiger charge is 2.24. The fourth-order valence-corrected chi connectivity index (χ4v) is 6.44. The van der Waals surface area contributed by atoms with Crippen molar-refractivity contribution < 1.29 is 17.9 Å². The highest BCUT2D eigenvalue weighted by molar-refractivity contribution is 7.90. The first-order chi connectivity index (χ1) is 18.8. The smallest absolute Gasteiger partial charge is 0.253 e. The standard InChI is InChI=1S/C31H33N3O4S.CH4/c1-23(2)38-28-10-4-3-7-27(28)21-33-17-19-34(20-18-33)31(35)26-14-12-24(13-15-26)22-39(36,37)29-11-5-8-25-9-6-16-32-30(25)29;/h3-16,23H,17-22H2,1-2H3;1H4. The molecule has 0 atom stereocenters. The van der Waals surface area contributed by atoms with Gasteiger partial charge in [-0.05, 0) is 49.7 Å². The van der Waals surface area contributed by atoms with Gasteiger partial charge in [-0.3, -0.25) is 14.7 Å². The van der Waals surface area contributed by atoms with Crippen LogP contribution in [0.2, 0.25) is 0 Å². The number of carbonyl (C=O) groups excluding carboxylic acids is 1. The number of rotatable bonds is 8. The van der Waals surface area contributed by atoms with Crippen LogP contribution in [0.25, 0.3) is 10.9 Å². The summed E-state index contributed by atoms with van der Waals surface area (Å²) >= 11 is 0. The van der Waals surface area contributed by atoms with Gasteiger partial charge in [-0.2, -0.15) is 0 Å². The first-order valence-corrected chi connectivity index (χ1v) is 14.9. The van der Waals surface area contributed by atoms with E-state index in [1.54, 1.807) is 48.7 Å². The molecule has 0 N–H and O–H groups in total. The molecule has 1 amide bonds. The van der Waals surface area contributed by atoms with E-state index in [2.05, 4.69) is 16.0 Å². The molecule has 40 heavy (non-hydrogen) atoms. The zero-order valence-electron chi connectivity index (χ0n) is 22.3. The SMILES string of the molecule is C.CC(C)Oc1ccccc1CN1CCN(C(=O)c2ccc(CS(=O)(=O)c3cccc4cccnc34)cc2)CC1. The summed E-state index contributed by atoms with van der Waals surface area (Å²) in [6.07, 6.45) is 1.71. The Morgan fingerprint density at radius 1 is 0.900 bits per heavy atom. The monoisotopic (exact) mass is 559 g/mol. The second-order valence-corrected chi connectivity index (χ2v) is 12.1. The number of carbonyl (C=O) groups is 1. The summed E-state index contributed by atoms with van der Waals surface area (Å²) < 4.78 is 32.3. The molecule has 0 spiro atoms. The molecule has 2 heterocycles. The average molecular weight is 560 g/mol. The number of aromatic nitrogens is 1. The van der Waals surface area contributed by atoms with Crippen LogP contribution >= 0.6 is 0 Å². The minimum atomic E-state index is -3.61. The summed E-state index contributed by atoms with van der Waals surface area (Å²) in [5, 5.41) is 0.785. The largest absolute Gasteiger partial charge is 0.491 e. The van der Waals surface area contributed by atoms with Gasteiger partial charge in [-0.15, -0.1) is 0 Å². The normalized spacial score (nSPS) is 14.2. The summed E-state index contributed by atoms with van der Waals surface area (Å²) in [4.78, 5) is 21.9. The Bertz CT molecular complexity index is 1560. The van der Waals surface area contributed by atoms with E-state index in [1.807, 2.05) is 49.1 Å². The van der Waals surface area contributed by atoms with Crippen LogP contribution in [-0.4, -0.2) is 61.4 Å². The lowest BCUT2D eigenvalue weighted by Crippen LogP contribution is -2.48. The van der Waals surface area contributed by atoms with Crippen LogP contribution in [0.5, 0.6) is 5.75 Å². The van der Waals surface area contributed by atoms with Crippen molar-refractivity contribution >= 4 is 26.6 Å². The molecule has 4 aromatic rings. The Morgan fingerprint density at radius 2 is 1.60 bits per heavy atom. The van der Waals surface area contributed by atoms with Gasteiger partial charge in [0.15, 0.2) is 9.84 Å². The maximum Gasteiger partial charge on any atom is 0.253 e. The zero-order chi connectivity index (χ0) is 27.4. The summed E-state index contributed by atoms with van der Waals surface area (Å²) in [6, 6.07) is 23.8. The molecule has 0 bridgehead atoms. The van der Waals surface area contributed by atoms with Crippen molar-refractivity contribution in [3.63, 3.8) is 0 Å². The summed E-state index contributed by atoms with van der Waals surface area (Å²) in [5.74, 6) is 0.716. The minimum absolute atomic E-state index is 0. The minimum Gasteiger partial charge on any atom is -0.491 e. The van der Waals surface area contributed by atoms with E-state index in [9.17, 15) is 13.2 Å². The lowest BCUT2D eigenvalue weighted by molar-refractivity contribution is 0.0626. The van der Waals surface area contributed by atoms with Crippen molar-refractivity contribution in [2.45, 2.75) is 44.6 Å². The number of pyridine rings is 1. The second-order valence-electron chi connectivity index (χ2n) is 10.1. The van der Waals surface area contributed by atoms with Crippen LogP contribution in [0, 0.1) is 0 Å². The van der Waals surface area contributed by atoms with E-state index >= 15 is 0 Å². The van der Waals surface area contributed by atoms with Gasteiger partial charge in [-0.1, -0.05) is 56.0 Å². The molecule has 5 rings (SSSR count).